The van der Waals surface area contributed by atoms with Crippen LogP contribution in [-0.4, -0.2) is 24.5 Å². The summed E-state index contributed by atoms with van der Waals surface area (Å²) in [6, 6.07) is 8.84. The predicted octanol–water partition coefficient (Wildman–Crippen LogP) is 2.06. The van der Waals surface area contributed by atoms with Gasteiger partial charge in [0.15, 0.2) is 9.84 Å². The maximum atomic E-state index is 12.3. The first-order valence-electron chi connectivity index (χ1n) is 5.87. The largest absolute Gasteiger partial charge is 0.478 e. The number of sulfone groups is 1. The van der Waals surface area contributed by atoms with Gasteiger partial charge in [-0.3, -0.25) is 4.98 Å². The molecular weight excluding hydrogens is 278 g/mol. The molecule has 2 rings (SSSR count). The molecule has 0 unspecified atom stereocenters. The van der Waals surface area contributed by atoms with Crippen LogP contribution in [0.4, 0.5) is 0 Å². The molecule has 0 fully saturated rings. The van der Waals surface area contributed by atoms with Gasteiger partial charge in [-0.2, -0.15) is 0 Å². The summed E-state index contributed by atoms with van der Waals surface area (Å²) in [4.78, 5) is 14.9. The van der Waals surface area contributed by atoms with Crippen LogP contribution in [0.3, 0.4) is 0 Å². The van der Waals surface area contributed by atoms with Crippen molar-refractivity contribution >= 4 is 15.8 Å². The van der Waals surface area contributed by atoms with Gasteiger partial charge in [-0.25, -0.2) is 13.2 Å². The molecular formula is C14H13NO4S. The normalized spacial score (nSPS) is 11.2. The summed E-state index contributed by atoms with van der Waals surface area (Å²) in [5, 5.41) is 8.90. The number of aromatic carboxylic acids is 1. The van der Waals surface area contributed by atoms with Crippen molar-refractivity contribution in [3.05, 3.63) is 59.4 Å². The summed E-state index contributed by atoms with van der Waals surface area (Å²) in [5.74, 6) is -1.40. The van der Waals surface area contributed by atoms with Crippen molar-refractivity contribution in [2.24, 2.45) is 0 Å². The molecule has 0 radical (unpaired) electrons. The maximum absolute atomic E-state index is 12.3. The van der Waals surface area contributed by atoms with E-state index in [4.69, 9.17) is 5.11 Å². The fourth-order valence-electron chi connectivity index (χ4n) is 1.76. The van der Waals surface area contributed by atoms with Crippen LogP contribution in [0.1, 0.15) is 21.6 Å². The molecule has 1 aromatic carbocycles. The van der Waals surface area contributed by atoms with Gasteiger partial charge in [-0.05, 0) is 36.8 Å². The lowest BCUT2D eigenvalue weighted by atomic mass is 10.2. The van der Waals surface area contributed by atoms with E-state index in [0.29, 0.717) is 5.69 Å². The summed E-state index contributed by atoms with van der Waals surface area (Å²) in [6.45, 7) is 1.78. The minimum Gasteiger partial charge on any atom is -0.478 e. The number of hydrogen-bond acceptors (Lipinski definition) is 4. The Balaban J connectivity index is 2.38. The number of aromatic nitrogens is 1. The first-order valence-corrected chi connectivity index (χ1v) is 7.52. The van der Waals surface area contributed by atoms with Crippen molar-refractivity contribution < 1.29 is 18.3 Å². The Morgan fingerprint density at radius 3 is 2.65 bits per heavy atom. The van der Waals surface area contributed by atoms with E-state index in [-0.39, 0.29) is 16.2 Å². The van der Waals surface area contributed by atoms with Crippen LogP contribution in [0.2, 0.25) is 0 Å². The summed E-state index contributed by atoms with van der Waals surface area (Å²) in [5.41, 5.74) is 1.20. The number of pyridine rings is 1. The molecule has 104 valence electrons. The van der Waals surface area contributed by atoms with E-state index in [0.717, 1.165) is 11.6 Å². The van der Waals surface area contributed by atoms with Crippen molar-refractivity contribution in [3.8, 4) is 0 Å². The van der Waals surface area contributed by atoms with E-state index in [2.05, 4.69) is 4.98 Å². The van der Waals surface area contributed by atoms with Gasteiger partial charge in [0.2, 0.25) is 0 Å². The average molecular weight is 291 g/mol. The van der Waals surface area contributed by atoms with Gasteiger partial charge in [-0.1, -0.05) is 12.1 Å². The molecule has 1 heterocycles. The standard InChI is InChI=1S/C14H13NO4S/c1-10-4-3-7-15-13(10)9-20(18,19)12-6-2-5-11(8-12)14(16)17/h2-8H,9H2,1H3,(H,16,17). The summed E-state index contributed by atoms with van der Waals surface area (Å²) >= 11 is 0. The van der Waals surface area contributed by atoms with E-state index in [9.17, 15) is 13.2 Å². The number of nitrogens with zero attached hydrogens (tertiary/aromatic N) is 1. The third kappa shape index (κ3) is 3.03. The van der Waals surface area contributed by atoms with Crippen LogP contribution in [0.15, 0.2) is 47.5 Å². The molecule has 20 heavy (non-hydrogen) atoms. The Labute approximate surface area is 116 Å². The lowest BCUT2D eigenvalue weighted by Gasteiger charge is -2.07. The van der Waals surface area contributed by atoms with E-state index in [1.54, 1.807) is 19.1 Å². The molecule has 0 aliphatic heterocycles. The molecule has 0 spiro atoms. The topological polar surface area (TPSA) is 84.3 Å². The van der Waals surface area contributed by atoms with Crippen LogP contribution in [0.25, 0.3) is 0 Å². The second-order valence-electron chi connectivity index (χ2n) is 4.36. The fourth-order valence-corrected chi connectivity index (χ4v) is 3.18. The van der Waals surface area contributed by atoms with Crippen LogP contribution < -0.4 is 0 Å². The van der Waals surface area contributed by atoms with E-state index >= 15 is 0 Å². The molecule has 0 atom stereocenters. The van der Waals surface area contributed by atoms with Gasteiger partial charge in [0.05, 0.1) is 21.9 Å². The second-order valence-corrected chi connectivity index (χ2v) is 6.35. The Morgan fingerprint density at radius 1 is 1.25 bits per heavy atom. The van der Waals surface area contributed by atoms with Crippen molar-refractivity contribution in [2.75, 3.05) is 0 Å². The number of carboxylic acids is 1. The number of carboxylic acid groups (broad SMARTS) is 1. The molecule has 2 aromatic rings. The fraction of sp³-hybridized carbons (Fsp3) is 0.143. The zero-order valence-corrected chi connectivity index (χ0v) is 11.6. The highest BCUT2D eigenvalue weighted by molar-refractivity contribution is 7.90. The molecule has 0 aliphatic carbocycles. The Morgan fingerprint density at radius 2 is 2.00 bits per heavy atom. The molecule has 0 saturated heterocycles. The molecule has 5 nitrogen and oxygen atoms in total. The molecule has 0 aliphatic rings. The van der Waals surface area contributed by atoms with E-state index < -0.39 is 15.8 Å². The van der Waals surface area contributed by atoms with Crippen molar-refractivity contribution in [1.29, 1.82) is 0 Å². The average Bonchev–Trinajstić information content (AvgIpc) is 2.41. The minimum absolute atomic E-state index is 0.0116. The quantitative estimate of drug-likeness (QED) is 0.932. The Bertz CT molecular complexity index is 753. The molecule has 1 aromatic heterocycles. The van der Waals surface area contributed by atoms with Crippen LogP contribution in [-0.2, 0) is 15.6 Å². The molecule has 6 heteroatoms. The molecule has 0 saturated carbocycles. The van der Waals surface area contributed by atoms with Gasteiger partial charge in [-0.15, -0.1) is 0 Å². The summed E-state index contributed by atoms with van der Waals surface area (Å²) in [7, 11) is -3.62. The smallest absolute Gasteiger partial charge is 0.335 e. The molecule has 0 amide bonds. The SMILES string of the molecule is Cc1cccnc1CS(=O)(=O)c1cccc(C(=O)O)c1. The van der Waals surface area contributed by atoms with Crippen molar-refractivity contribution in [1.82, 2.24) is 4.98 Å². The van der Waals surface area contributed by atoms with Crippen LogP contribution in [0, 0.1) is 6.92 Å². The third-order valence-corrected chi connectivity index (χ3v) is 4.51. The maximum Gasteiger partial charge on any atom is 0.335 e. The highest BCUT2D eigenvalue weighted by Crippen LogP contribution is 2.18. The number of aryl methyl sites for hydroxylation is 1. The lowest BCUT2D eigenvalue weighted by Crippen LogP contribution is -2.09. The van der Waals surface area contributed by atoms with E-state index in [1.165, 1.54) is 24.4 Å². The highest BCUT2D eigenvalue weighted by Gasteiger charge is 2.18. The van der Waals surface area contributed by atoms with Gasteiger partial charge >= 0.3 is 5.97 Å². The van der Waals surface area contributed by atoms with Gasteiger partial charge in [0.1, 0.15) is 0 Å². The van der Waals surface area contributed by atoms with Gasteiger partial charge in [0, 0.05) is 6.20 Å². The van der Waals surface area contributed by atoms with E-state index in [1.807, 2.05) is 0 Å². The van der Waals surface area contributed by atoms with Gasteiger partial charge < -0.3 is 5.11 Å². The lowest BCUT2D eigenvalue weighted by molar-refractivity contribution is 0.0696. The molecule has 0 bridgehead atoms. The molecule has 1 N–H and O–H groups in total. The highest BCUT2D eigenvalue weighted by atomic mass is 32.2. The summed E-state index contributed by atoms with van der Waals surface area (Å²) in [6.07, 6.45) is 1.53. The van der Waals surface area contributed by atoms with Crippen molar-refractivity contribution in [2.45, 2.75) is 17.6 Å². The number of carbonyl (C=O) groups is 1. The minimum atomic E-state index is -3.62. The Hall–Kier alpha value is -2.21. The zero-order valence-electron chi connectivity index (χ0n) is 10.8. The first-order chi connectivity index (χ1) is 9.40. The zero-order chi connectivity index (χ0) is 14.8. The van der Waals surface area contributed by atoms with Crippen LogP contribution in [0.5, 0.6) is 0 Å². The number of hydrogen-bond donors (Lipinski definition) is 1. The number of benzene rings is 1. The summed E-state index contributed by atoms with van der Waals surface area (Å²) < 4.78 is 24.6. The predicted molar refractivity (Wildman–Crippen MR) is 73.3 cm³/mol. The van der Waals surface area contributed by atoms with Crippen molar-refractivity contribution in [3.63, 3.8) is 0 Å². The third-order valence-electron chi connectivity index (χ3n) is 2.88. The second kappa shape index (κ2) is 5.42. The number of rotatable bonds is 4. The van der Waals surface area contributed by atoms with Gasteiger partial charge in [0.25, 0.3) is 0 Å². The monoisotopic (exact) mass is 291 g/mol. The van der Waals surface area contributed by atoms with Crippen LogP contribution >= 0.6 is 0 Å². The Kier molecular flexibility index (Phi) is 3.85. The first kappa shape index (κ1) is 14.2.